The molecule has 1 heterocycles. The number of unbranched alkanes of at least 4 members (excludes halogenated alkanes) is 1. The van der Waals surface area contributed by atoms with Gasteiger partial charge in [0.05, 0.1) is 18.1 Å². The molecule has 0 aromatic rings. The second kappa shape index (κ2) is 7.25. The Morgan fingerprint density at radius 2 is 1.94 bits per heavy atom. The van der Waals surface area contributed by atoms with Crippen LogP contribution < -0.4 is 5.32 Å². The monoisotopic (exact) mass is 249 g/mol. The lowest BCUT2D eigenvalue weighted by molar-refractivity contribution is 0.130. The van der Waals surface area contributed by atoms with Crippen LogP contribution >= 0.6 is 0 Å². The zero-order valence-electron chi connectivity index (χ0n) is 10.1. The van der Waals surface area contributed by atoms with Crippen LogP contribution in [0.1, 0.15) is 32.6 Å². The Kier molecular flexibility index (Phi) is 6.31. The molecule has 1 rings (SSSR count). The van der Waals surface area contributed by atoms with E-state index in [1.54, 1.807) is 0 Å². The van der Waals surface area contributed by atoms with Crippen molar-refractivity contribution in [3.63, 3.8) is 0 Å². The third-order valence-electron chi connectivity index (χ3n) is 2.88. The highest BCUT2D eigenvalue weighted by Crippen LogP contribution is 2.11. The van der Waals surface area contributed by atoms with Crippen LogP contribution in [0.2, 0.25) is 0 Å². The molecule has 16 heavy (non-hydrogen) atoms. The molecule has 1 N–H and O–H groups in total. The van der Waals surface area contributed by atoms with Crippen LogP contribution in [0.25, 0.3) is 0 Å². The van der Waals surface area contributed by atoms with Gasteiger partial charge in [-0.05, 0) is 19.3 Å². The zero-order chi connectivity index (χ0) is 11.9. The molecule has 0 aromatic heterocycles. The molecule has 0 aliphatic carbocycles. The van der Waals surface area contributed by atoms with Crippen molar-refractivity contribution < 1.29 is 13.2 Å². The van der Waals surface area contributed by atoms with Gasteiger partial charge in [-0.25, -0.2) is 8.42 Å². The topological polar surface area (TPSA) is 55.4 Å². The Hall–Kier alpha value is -0.130. The normalized spacial score (nSPS) is 21.1. The summed E-state index contributed by atoms with van der Waals surface area (Å²) in [4.78, 5) is 0. The maximum absolute atomic E-state index is 11.2. The predicted molar refractivity (Wildman–Crippen MR) is 65.4 cm³/mol. The van der Waals surface area contributed by atoms with E-state index in [-0.39, 0.29) is 0 Å². The summed E-state index contributed by atoms with van der Waals surface area (Å²) in [5, 5.41) is 3.35. The van der Waals surface area contributed by atoms with Gasteiger partial charge in [0.2, 0.25) is 0 Å². The lowest BCUT2D eigenvalue weighted by atomic mass is 10.1. The van der Waals surface area contributed by atoms with Gasteiger partial charge in [-0.2, -0.15) is 0 Å². The quantitative estimate of drug-likeness (QED) is 0.683. The third kappa shape index (κ3) is 5.82. The zero-order valence-corrected chi connectivity index (χ0v) is 10.9. The minimum absolute atomic E-state index is 0.335. The second-order valence-corrected chi connectivity index (χ2v) is 6.65. The Morgan fingerprint density at radius 1 is 1.25 bits per heavy atom. The fourth-order valence-electron chi connectivity index (χ4n) is 1.78. The maximum atomic E-state index is 11.2. The smallest absolute Gasteiger partial charge is 0.150 e. The molecule has 0 saturated carbocycles. The average Bonchev–Trinajstić information content (AvgIpc) is 2.25. The fraction of sp³-hybridized carbons (Fsp3) is 1.00. The molecular weight excluding hydrogens is 226 g/mol. The molecule has 0 spiro atoms. The van der Waals surface area contributed by atoms with Gasteiger partial charge in [0.15, 0.2) is 0 Å². The maximum Gasteiger partial charge on any atom is 0.150 e. The Morgan fingerprint density at radius 3 is 2.56 bits per heavy atom. The fourth-order valence-corrected chi connectivity index (χ4v) is 3.27. The standard InChI is InChI=1S/C11H23NO3S/c1-2-3-7-15-8-6-12-11-4-9-16(13,14)10-5-11/h11-12H,2-10H2,1H3. The third-order valence-corrected chi connectivity index (χ3v) is 4.59. The van der Waals surface area contributed by atoms with Gasteiger partial charge < -0.3 is 10.1 Å². The summed E-state index contributed by atoms with van der Waals surface area (Å²) in [6, 6.07) is 0.360. The second-order valence-electron chi connectivity index (χ2n) is 4.35. The molecule has 4 nitrogen and oxygen atoms in total. The molecule has 0 atom stereocenters. The van der Waals surface area contributed by atoms with E-state index in [9.17, 15) is 8.42 Å². The summed E-state index contributed by atoms with van der Waals surface area (Å²) < 4.78 is 27.8. The Labute approximate surface area is 98.7 Å². The van der Waals surface area contributed by atoms with E-state index in [1.807, 2.05) is 0 Å². The van der Waals surface area contributed by atoms with Gasteiger partial charge in [-0.3, -0.25) is 0 Å². The van der Waals surface area contributed by atoms with Crippen molar-refractivity contribution >= 4 is 9.84 Å². The highest BCUT2D eigenvalue weighted by molar-refractivity contribution is 7.91. The molecule has 0 aromatic carbocycles. The predicted octanol–water partition coefficient (Wildman–Crippen LogP) is 0.970. The lowest BCUT2D eigenvalue weighted by Gasteiger charge is -2.23. The van der Waals surface area contributed by atoms with Gasteiger partial charge in [0.25, 0.3) is 0 Å². The van der Waals surface area contributed by atoms with Gasteiger partial charge in [0.1, 0.15) is 9.84 Å². The molecule has 1 aliphatic rings. The summed E-state index contributed by atoms with van der Waals surface area (Å²) in [5.41, 5.74) is 0. The number of hydrogen-bond donors (Lipinski definition) is 1. The first-order chi connectivity index (χ1) is 7.64. The van der Waals surface area contributed by atoms with Crippen molar-refractivity contribution in [2.24, 2.45) is 0 Å². The molecule has 0 amide bonds. The number of ether oxygens (including phenoxy) is 1. The molecule has 5 heteroatoms. The van der Waals surface area contributed by atoms with Crippen molar-refractivity contribution in [1.82, 2.24) is 5.32 Å². The summed E-state index contributed by atoms with van der Waals surface area (Å²) in [5.74, 6) is 0.669. The molecule has 96 valence electrons. The van der Waals surface area contributed by atoms with E-state index < -0.39 is 9.84 Å². The van der Waals surface area contributed by atoms with E-state index in [2.05, 4.69) is 12.2 Å². The molecule has 1 aliphatic heterocycles. The first-order valence-corrected chi connectivity index (χ1v) is 7.98. The van der Waals surface area contributed by atoms with Gasteiger partial charge in [0, 0.05) is 19.2 Å². The summed E-state index contributed by atoms with van der Waals surface area (Å²) >= 11 is 0. The van der Waals surface area contributed by atoms with Gasteiger partial charge in [-0.1, -0.05) is 13.3 Å². The molecule has 0 radical (unpaired) electrons. The molecule has 1 fully saturated rings. The summed E-state index contributed by atoms with van der Waals surface area (Å²) in [7, 11) is -2.73. The van der Waals surface area contributed by atoms with Crippen LogP contribution in [-0.2, 0) is 14.6 Å². The molecule has 1 saturated heterocycles. The number of nitrogens with one attached hydrogen (secondary N) is 1. The molecule has 0 unspecified atom stereocenters. The highest BCUT2D eigenvalue weighted by Gasteiger charge is 2.22. The minimum Gasteiger partial charge on any atom is -0.380 e. The van der Waals surface area contributed by atoms with Crippen LogP contribution in [0.5, 0.6) is 0 Å². The van der Waals surface area contributed by atoms with Crippen LogP contribution in [-0.4, -0.2) is 45.7 Å². The Balaban J connectivity index is 1.98. The van der Waals surface area contributed by atoms with E-state index in [1.165, 1.54) is 0 Å². The van der Waals surface area contributed by atoms with Crippen LogP contribution in [0.4, 0.5) is 0 Å². The first kappa shape index (κ1) is 13.9. The van der Waals surface area contributed by atoms with E-state index in [0.29, 0.717) is 17.5 Å². The van der Waals surface area contributed by atoms with Crippen LogP contribution in [0, 0.1) is 0 Å². The molecular formula is C11H23NO3S. The van der Waals surface area contributed by atoms with Crippen molar-refractivity contribution in [2.45, 2.75) is 38.6 Å². The summed E-state index contributed by atoms with van der Waals surface area (Å²) in [6.07, 6.45) is 3.77. The summed E-state index contributed by atoms with van der Waals surface area (Å²) in [6.45, 7) is 4.53. The molecule has 0 bridgehead atoms. The minimum atomic E-state index is -2.73. The van der Waals surface area contributed by atoms with Crippen molar-refractivity contribution in [1.29, 1.82) is 0 Å². The van der Waals surface area contributed by atoms with Crippen molar-refractivity contribution in [3.05, 3.63) is 0 Å². The van der Waals surface area contributed by atoms with Crippen LogP contribution in [0.15, 0.2) is 0 Å². The largest absolute Gasteiger partial charge is 0.380 e. The van der Waals surface area contributed by atoms with E-state index >= 15 is 0 Å². The van der Waals surface area contributed by atoms with Gasteiger partial charge in [-0.15, -0.1) is 0 Å². The van der Waals surface area contributed by atoms with E-state index in [4.69, 9.17) is 4.74 Å². The van der Waals surface area contributed by atoms with Crippen LogP contribution in [0.3, 0.4) is 0 Å². The van der Waals surface area contributed by atoms with Gasteiger partial charge >= 0.3 is 0 Å². The SMILES string of the molecule is CCCCOCCNC1CCS(=O)(=O)CC1. The number of hydrogen-bond acceptors (Lipinski definition) is 4. The number of rotatable bonds is 7. The average molecular weight is 249 g/mol. The highest BCUT2D eigenvalue weighted by atomic mass is 32.2. The van der Waals surface area contributed by atoms with Crippen molar-refractivity contribution in [3.8, 4) is 0 Å². The lowest BCUT2D eigenvalue weighted by Crippen LogP contribution is -2.39. The Bertz CT molecular complexity index is 263. The van der Waals surface area contributed by atoms with Crippen molar-refractivity contribution in [2.75, 3.05) is 31.3 Å². The number of sulfone groups is 1. The van der Waals surface area contributed by atoms with E-state index in [0.717, 1.165) is 45.4 Å². The first-order valence-electron chi connectivity index (χ1n) is 6.15.